The molecule has 1 amide bonds. The smallest absolute Gasteiger partial charge is 0.283 e. The molecule has 0 fully saturated rings. The van der Waals surface area contributed by atoms with Crippen LogP contribution in [0, 0.1) is 0 Å². The summed E-state index contributed by atoms with van der Waals surface area (Å²) in [6, 6.07) is 17.6. The van der Waals surface area contributed by atoms with E-state index in [-0.39, 0.29) is 16.9 Å². The standard InChI is InChI=1S/C25H24N4O2S/c1-15-19(22(30)29(26-15)16-11-7-6-8-12-16)24-28(5)23(31)20(32-24)21-25(2,3)17-13-9-10-14-18(17)27(21)4/h6-14H,1-5H3. The molecule has 1 aromatic heterocycles. The number of rotatable bonds is 1. The van der Waals surface area contributed by atoms with E-state index in [9.17, 15) is 9.59 Å². The summed E-state index contributed by atoms with van der Waals surface area (Å²) in [6.45, 7) is 6.09. The number of carbonyl (C=O) groups is 1. The van der Waals surface area contributed by atoms with Crippen molar-refractivity contribution in [1.29, 1.82) is 0 Å². The topological polar surface area (TPSA) is 57.9 Å². The monoisotopic (exact) mass is 444 g/mol. The maximum atomic E-state index is 13.4. The number of fused-ring (bicyclic) bond motifs is 1. The molecule has 3 aromatic rings. The molecule has 2 aromatic carbocycles. The number of para-hydroxylation sites is 2. The number of hydrazone groups is 1. The van der Waals surface area contributed by atoms with Crippen LogP contribution in [0.2, 0.25) is 0 Å². The first kappa shape index (κ1) is 20.5. The van der Waals surface area contributed by atoms with E-state index in [1.54, 1.807) is 11.6 Å². The third-order valence-corrected chi connectivity index (χ3v) is 7.56. The van der Waals surface area contributed by atoms with E-state index >= 15 is 0 Å². The first-order valence-electron chi connectivity index (χ1n) is 10.5. The second-order valence-electron chi connectivity index (χ2n) is 8.66. The van der Waals surface area contributed by atoms with Crippen LogP contribution in [-0.4, -0.2) is 23.2 Å². The highest BCUT2D eigenvalue weighted by Crippen LogP contribution is 2.46. The van der Waals surface area contributed by atoms with Crippen molar-refractivity contribution in [2.24, 2.45) is 12.1 Å². The van der Waals surface area contributed by atoms with Gasteiger partial charge in [0.05, 0.1) is 22.7 Å². The van der Waals surface area contributed by atoms with Gasteiger partial charge >= 0.3 is 0 Å². The molecule has 0 radical (unpaired) electrons. The summed E-state index contributed by atoms with van der Waals surface area (Å²) in [5.74, 6) is -0.218. The summed E-state index contributed by atoms with van der Waals surface area (Å²) in [6.07, 6.45) is 0. The molecule has 0 saturated heterocycles. The van der Waals surface area contributed by atoms with Crippen molar-refractivity contribution in [3.8, 4) is 0 Å². The average Bonchev–Trinajstić information content (AvgIpc) is 3.31. The van der Waals surface area contributed by atoms with Gasteiger partial charge in [0.15, 0.2) is 0 Å². The molecule has 32 heavy (non-hydrogen) atoms. The molecule has 0 bridgehead atoms. The Morgan fingerprint density at radius 1 is 0.938 bits per heavy atom. The van der Waals surface area contributed by atoms with E-state index in [4.69, 9.17) is 0 Å². The lowest BCUT2D eigenvalue weighted by molar-refractivity contribution is -0.112. The number of amides is 1. The van der Waals surface area contributed by atoms with Crippen molar-refractivity contribution in [3.63, 3.8) is 0 Å². The lowest BCUT2D eigenvalue weighted by Gasteiger charge is -2.23. The molecule has 162 valence electrons. The van der Waals surface area contributed by atoms with Crippen molar-refractivity contribution in [1.82, 2.24) is 4.57 Å². The van der Waals surface area contributed by atoms with Gasteiger partial charge in [0.2, 0.25) is 0 Å². The van der Waals surface area contributed by atoms with Gasteiger partial charge in [-0.3, -0.25) is 9.59 Å². The molecular weight excluding hydrogens is 420 g/mol. The largest absolute Gasteiger partial charge is 0.346 e. The van der Waals surface area contributed by atoms with E-state index in [1.165, 1.54) is 21.9 Å². The normalized spacial score (nSPS) is 20.7. The second-order valence-corrected chi connectivity index (χ2v) is 9.66. The Labute approximate surface area is 190 Å². The molecule has 0 spiro atoms. The number of thiazole rings is 1. The first-order chi connectivity index (χ1) is 15.2. The molecule has 0 aliphatic carbocycles. The maximum Gasteiger partial charge on any atom is 0.283 e. The van der Waals surface area contributed by atoms with Crippen LogP contribution in [0.3, 0.4) is 0 Å². The Morgan fingerprint density at radius 3 is 2.28 bits per heavy atom. The molecule has 0 saturated carbocycles. The Morgan fingerprint density at radius 2 is 1.59 bits per heavy atom. The minimum absolute atomic E-state index is 0.0982. The van der Waals surface area contributed by atoms with Crippen LogP contribution in [0.4, 0.5) is 11.4 Å². The highest BCUT2D eigenvalue weighted by molar-refractivity contribution is 7.08. The van der Waals surface area contributed by atoms with Gasteiger partial charge in [-0.25, -0.2) is 0 Å². The van der Waals surface area contributed by atoms with Gasteiger partial charge in [-0.05, 0) is 30.7 Å². The van der Waals surface area contributed by atoms with Crippen LogP contribution >= 0.6 is 11.3 Å². The summed E-state index contributed by atoms with van der Waals surface area (Å²) < 4.78 is 2.86. The summed E-state index contributed by atoms with van der Waals surface area (Å²) in [4.78, 5) is 28.9. The summed E-state index contributed by atoms with van der Waals surface area (Å²) in [5.41, 5.74) is 4.60. The van der Waals surface area contributed by atoms with E-state index in [0.29, 0.717) is 26.2 Å². The molecule has 7 heteroatoms. The molecular formula is C25H24N4O2S. The van der Waals surface area contributed by atoms with Crippen LogP contribution in [0.25, 0.3) is 11.3 Å². The van der Waals surface area contributed by atoms with Gasteiger partial charge in [0.25, 0.3) is 11.5 Å². The fourth-order valence-electron chi connectivity index (χ4n) is 4.72. The quantitative estimate of drug-likeness (QED) is 0.580. The van der Waals surface area contributed by atoms with Crippen molar-refractivity contribution in [2.45, 2.75) is 26.2 Å². The number of likely N-dealkylation sites (N-methyl/N-ethyl adjacent to an activating group) is 1. The van der Waals surface area contributed by atoms with E-state index in [1.807, 2.05) is 56.4 Å². The lowest BCUT2D eigenvalue weighted by atomic mass is 9.84. The van der Waals surface area contributed by atoms with E-state index in [2.05, 4.69) is 36.0 Å². The SMILES string of the molecule is CC1=NN(c2ccccc2)C(=O)C1=c1sc(=C2N(C)c3ccccc3C2(C)C)c(=O)n1C. The minimum atomic E-state index is -0.330. The predicted octanol–water partition coefficient (Wildman–Crippen LogP) is 2.56. The number of anilines is 2. The fraction of sp³-hybridized carbons (Fsp3) is 0.240. The van der Waals surface area contributed by atoms with Gasteiger partial charge in [-0.1, -0.05) is 50.2 Å². The van der Waals surface area contributed by atoms with Gasteiger partial charge < -0.3 is 9.47 Å². The second kappa shape index (κ2) is 7.03. The minimum Gasteiger partial charge on any atom is -0.346 e. The van der Waals surface area contributed by atoms with Crippen LogP contribution in [-0.2, 0) is 17.3 Å². The van der Waals surface area contributed by atoms with Crippen molar-refractivity contribution in [2.75, 3.05) is 17.0 Å². The Bertz CT molecular complexity index is 1480. The lowest BCUT2D eigenvalue weighted by Crippen LogP contribution is -2.37. The van der Waals surface area contributed by atoms with Crippen molar-refractivity contribution in [3.05, 3.63) is 79.7 Å². The van der Waals surface area contributed by atoms with Crippen LogP contribution in [0.15, 0.2) is 64.5 Å². The zero-order valence-electron chi connectivity index (χ0n) is 18.7. The van der Waals surface area contributed by atoms with Gasteiger partial charge in [0.1, 0.15) is 9.20 Å². The summed E-state index contributed by atoms with van der Waals surface area (Å²) in [7, 11) is 3.73. The van der Waals surface area contributed by atoms with Crippen LogP contribution in [0.1, 0.15) is 26.3 Å². The van der Waals surface area contributed by atoms with Crippen LogP contribution < -0.4 is 24.7 Å². The number of hydrogen-bond acceptors (Lipinski definition) is 5. The van der Waals surface area contributed by atoms with Gasteiger partial charge in [0, 0.05) is 25.2 Å². The Balaban J connectivity index is 1.77. The molecule has 2 aliphatic rings. The predicted molar refractivity (Wildman–Crippen MR) is 131 cm³/mol. The Hall–Kier alpha value is -3.45. The molecule has 2 aliphatic heterocycles. The highest BCUT2D eigenvalue weighted by atomic mass is 32.1. The molecule has 0 unspecified atom stereocenters. The van der Waals surface area contributed by atoms with E-state index < -0.39 is 0 Å². The maximum absolute atomic E-state index is 13.4. The van der Waals surface area contributed by atoms with Crippen molar-refractivity contribution < 1.29 is 4.79 Å². The number of nitrogens with zero attached hydrogens (tertiary/aromatic N) is 4. The molecule has 6 nitrogen and oxygen atoms in total. The number of aromatic nitrogens is 1. The zero-order valence-corrected chi connectivity index (χ0v) is 19.5. The number of benzene rings is 2. The van der Waals surface area contributed by atoms with Crippen LogP contribution in [0.5, 0.6) is 0 Å². The van der Waals surface area contributed by atoms with Gasteiger partial charge in [-0.2, -0.15) is 10.1 Å². The zero-order chi connectivity index (χ0) is 22.8. The van der Waals surface area contributed by atoms with E-state index in [0.717, 1.165) is 11.4 Å². The molecule has 0 N–H and O–H groups in total. The third-order valence-electron chi connectivity index (χ3n) is 6.32. The Kier molecular flexibility index (Phi) is 4.49. The average molecular weight is 445 g/mol. The summed E-state index contributed by atoms with van der Waals surface area (Å²) >= 11 is 1.37. The third kappa shape index (κ3) is 2.74. The fourth-order valence-corrected chi connectivity index (χ4v) is 6.18. The first-order valence-corrected chi connectivity index (χ1v) is 11.3. The number of hydrogen-bond donors (Lipinski definition) is 0. The highest BCUT2D eigenvalue weighted by Gasteiger charge is 2.40. The molecule has 5 rings (SSSR count). The van der Waals surface area contributed by atoms with Crippen molar-refractivity contribution >= 4 is 45.6 Å². The number of carbonyl (C=O) groups excluding carboxylic acids is 1. The van der Waals surface area contributed by atoms with Gasteiger partial charge in [-0.15, -0.1) is 11.3 Å². The molecule has 3 heterocycles. The summed E-state index contributed by atoms with van der Waals surface area (Å²) in [5, 5.41) is 5.89. The molecule has 0 atom stereocenters.